The van der Waals surface area contributed by atoms with E-state index in [-0.39, 0.29) is 0 Å². The highest BCUT2D eigenvalue weighted by Gasteiger charge is 2.19. The fourth-order valence-corrected chi connectivity index (χ4v) is 2.49. The summed E-state index contributed by atoms with van der Waals surface area (Å²) in [4.78, 5) is 6.54. The van der Waals surface area contributed by atoms with E-state index in [1.54, 1.807) is 12.3 Å². The van der Waals surface area contributed by atoms with Gasteiger partial charge in [-0.25, -0.2) is 4.98 Å². The van der Waals surface area contributed by atoms with Crippen molar-refractivity contribution >= 4 is 17.4 Å². The van der Waals surface area contributed by atoms with Crippen LogP contribution in [0.4, 0.5) is 5.82 Å². The third-order valence-corrected chi connectivity index (χ3v) is 3.82. The molecule has 1 unspecified atom stereocenters. The van der Waals surface area contributed by atoms with Crippen LogP contribution in [-0.4, -0.2) is 36.1 Å². The van der Waals surface area contributed by atoms with Crippen molar-refractivity contribution in [2.75, 3.05) is 25.5 Å². The topological polar surface area (TPSA) is 52.0 Å². The number of nitrogens with zero attached hydrogens (tertiary/aromatic N) is 3. The molecular formula is C13H17ClN4. The second-order valence-electron chi connectivity index (χ2n) is 4.64. The summed E-state index contributed by atoms with van der Waals surface area (Å²) >= 11 is 6.10. The molecule has 1 saturated heterocycles. The number of hydrogen-bond donors (Lipinski definition) is 1. The van der Waals surface area contributed by atoms with Gasteiger partial charge in [0.05, 0.1) is 5.56 Å². The second kappa shape index (κ2) is 6.03. The van der Waals surface area contributed by atoms with Crippen molar-refractivity contribution < 1.29 is 0 Å². The summed E-state index contributed by atoms with van der Waals surface area (Å²) in [6.07, 6.45) is 5.35. The normalized spacial score (nSPS) is 20.4. The molecular weight excluding hydrogens is 248 g/mol. The number of halogens is 1. The average Bonchev–Trinajstić information content (AvgIpc) is 2.39. The van der Waals surface area contributed by atoms with Gasteiger partial charge in [-0.2, -0.15) is 5.26 Å². The quantitative estimate of drug-likeness (QED) is 0.911. The first-order valence-corrected chi connectivity index (χ1v) is 6.59. The van der Waals surface area contributed by atoms with Crippen LogP contribution < -0.4 is 5.32 Å². The van der Waals surface area contributed by atoms with Gasteiger partial charge in [-0.15, -0.1) is 0 Å². The van der Waals surface area contributed by atoms with Crippen molar-refractivity contribution in [3.63, 3.8) is 0 Å². The average molecular weight is 265 g/mol. The molecule has 2 rings (SSSR count). The number of hydrogen-bond acceptors (Lipinski definition) is 4. The lowest BCUT2D eigenvalue weighted by Gasteiger charge is -2.32. The lowest BCUT2D eigenvalue weighted by molar-refractivity contribution is 0.194. The van der Waals surface area contributed by atoms with Crippen LogP contribution in [0.1, 0.15) is 24.8 Å². The van der Waals surface area contributed by atoms with E-state index in [1.807, 2.05) is 0 Å². The Morgan fingerprint density at radius 2 is 2.44 bits per heavy atom. The van der Waals surface area contributed by atoms with Gasteiger partial charge >= 0.3 is 0 Å². The highest BCUT2D eigenvalue weighted by Crippen LogP contribution is 2.23. The van der Waals surface area contributed by atoms with Crippen molar-refractivity contribution in [2.45, 2.75) is 25.3 Å². The number of rotatable bonds is 3. The van der Waals surface area contributed by atoms with Gasteiger partial charge in [-0.05, 0) is 32.5 Å². The van der Waals surface area contributed by atoms with Gasteiger partial charge in [0.25, 0.3) is 0 Å². The van der Waals surface area contributed by atoms with E-state index < -0.39 is 0 Å². The number of aromatic nitrogens is 1. The summed E-state index contributed by atoms with van der Waals surface area (Å²) in [5, 5.41) is 12.6. The molecule has 0 spiro atoms. The SMILES string of the molecule is CN1CCCCC1CNc1nccc(C#N)c1Cl. The number of likely N-dealkylation sites (tertiary alicyclic amines) is 1. The summed E-state index contributed by atoms with van der Waals surface area (Å²) in [6.45, 7) is 1.96. The zero-order chi connectivity index (χ0) is 13.0. The molecule has 0 amide bonds. The van der Waals surface area contributed by atoms with Crippen LogP contribution in [0.25, 0.3) is 0 Å². The van der Waals surface area contributed by atoms with E-state index in [2.05, 4.69) is 28.3 Å². The minimum Gasteiger partial charge on any atom is -0.367 e. The monoisotopic (exact) mass is 264 g/mol. The van der Waals surface area contributed by atoms with Crippen molar-refractivity contribution in [1.29, 1.82) is 5.26 Å². The largest absolute Gasteiger partial charge is 0.367 e. The van der Waals surface area contributed by atoms with Crippen LogP contribution in [-0.2, 0) is 0 Å². The zero-order valence-electron chi connectivity index (χ0n) is 10.5. The standard InChI is InChI=1S/C13H17ClN4/c1-18-7-3-2-4-11(18)9-17-13-12(14)10(8-15)5-6-16-13/h5-6,11H,2-4,7,9H2,1H3,(H,16,17). The van der Waals surface area contributed by atoms with E-state index >= 15 is 0 Å². The third-order valence-electron chi connectivity index (χ3n) is 3.44. The fraction of sp³-hybridized carbons (Fsp3) is 0.538. The molecule has 1 aliphatic rings. The minimum absolute atomic E-state index is 0.415. The number of nitriles is 1. The van der Waals surface area contributed by atoms with E-state index in [4.69, 9.17) is 16.9 Å². The van der Waals surface area contributed by atoms with Gasteiger partial charge < -0.3 is 10.2 Å². The zero-order valence-corrected chi connectivity index (χ0v) is 11.2. The van der Waals surface area contributed by atoms with Gasteiger partial charge in [0, 0.05) is 18.8 Å². The highest BCUT2D eigenvalue weighted by molar-refractivity contribution is 6.34. The predicted octanol–water partition coefficient (Wildman–Crippen LogP) is 2.50. The number of piperidine rings is 1. The van der Waals surface area contributed by atoms with E-state index in [0.29, 0.717) is 22.4 Å². The summed E-state index contributed by atoms with van der Waals surface area (Å²) in [7, 11) is 2.15. The van der Waals surface area contributed by atoms with E-state index in [9.17, 15) is 0 Å². The maximum atomic E-state index is 8.90. The number of pyridine rings is 1. The Hall–Kier alpha value is -1.31. The Labute approximate surface area is 113 Å². The molecule has 0 radical (unpaired) electrons. The smallest absolute Gasteiger partial charge is 0.146 e. The molecule has 1 aliphatic heterocycles. The summed E-state index contributed by atoms with van der Waals surface area (Å²) in [5.41, 5.74) is 0.464. The van der Waals surface area contributed by atoms with Crippen molar-refractivity contribution in [1.82, 2.24) is 9.88 Å². The third kappa shape index (κ3) is 2.92. The minimum atomic E-state index is 0.415. The van der Waals surface area contributed by atoms with Crippen molar-refractivity contribution in [3.05, 3.63) is 22.8 Å². The summed E-state index contributed by atoms with van der Waals surface area (Å²) in [5.74, 6) is 0.606. The Morgan fingerprint density at radius 1 is 1.61 bits per heavy atom. The Morgan fingerprint density at radius 3 is 3.17 bits per heavy atom. The van der Waals surface area contributed by atoms with Crippen LogP contribution in [0.15, 0.2) is 12.3 Å². The molecule has 1 aromatic rings. The van der Waals surface area contributed by atoms with Crippen LogP contribution in [0, 0.1) is 11.3 Å². The van der Waals surface area contributed by atoms with Crippen LogP contribution in [0.3, 0.4) is 0 Å². The maximum absolute atomic E-state index is 8.90. The number of likely N-dealkylation sites (N-methyl/N-ethyl adjacent to an activating group) is 1. The van der Waals surface area contributed by atoms with Gasteiger partial charge in [-0.1, -0.05) is 18.0 Å². The Kier molecular flexibility index (Phi) is 4.40. The Bertz CT molecular complexity index is 455. The molecule has 96 valence electrons. The summed E-state index contributed by atoms with van der Waals surface area (Å²) in [6, 6.07) is 4.20. The van der Waals surface area contributed by atoms with Crippen LogP contribution in [0.2, 0.25) is 5.02 Å². The number of anilines is 1. The second-order valence-corrected chi connectivity index (χ2v) is 5.02. The molecule has 5 heteroatoms. The molecule has 1 atom stereocenters. The Balaban J connectivity index is 2.00. The molecule has 1 aromatic heterocycles. The molecule has 18 heavy (non-hydrogen) atoms. The molecule has 0 saturated carbocycles. The lowest BCUT2D eigenvalue weighted by atomic mass is 10.0. The molecule has 1 fully saturated rings. The van der Waals surface area contributed by atoms with Crippen LogP contribution >= 0.6 is 11.6 Å². The molecule has 4 nitrogen and oxygen atoms in total. The van der Waals surface area contributed by atoms with Gasteiger partial charge in [0.15, 0.2) is 0 Å². The van der Waals surface area contributed by atoms with Crippen molar-refractivity contribution in [2.24, 2.45) is 0 Å². The molecule has 0 aromatic carbocycles. The fourth-order valence-electron chi connectivity index (χ4n) is 2.27. The summed E-state index contributed by atoms with van der Waals surface area (Å²) < 4.78 is 0. The van der Waals surface area contributed by atoms with Crippen LogP contribution in [0.5, 0.6) is 0 Å². The van der Waals surface area contributed by atoms with Gasteiger partial charge in [0.2, 0.25) is 0 Å². The first-order valence-electron chi connectivity index (χ1n) is 6.21. The highest BCUT2D eigenvalue weighted by atomic mass is 35.5. The first kappa shape index (κ1) is 13.1. The predicted molar refractivity (Wildman–Crippen MR) is 72.7 cm³/mol. The number of nitrogens with one attached hydrogen (secondary N) is 1. The van der Waals surface area contributed by atoms with Gasteiger partial charge in [0.1, 0.15) is 16.9 Å². The molecule has 0 bridgehead atoms. The van der Waals surface area contributed by atoms with Crippen molar-refractivity contribution in [3.8, 4) is 6.07 Å². The molecule has 0 aliphatic carbocycles. The van der Waals surface area contributed by atoms with E-state index in [0.717, 1.165) is 13.1 Å². The maximum Gasteiger partial charge on any atom is 0.146 e. The van der Waals surface area contributed by atoms with E-state index in [1.165, 1.54) is 19.3 Å². The first-order chi connectivity index (χ1) is 8.72. The lowest BCUT2D eigenvalue weighted by Crippen LogP contribution is -2.40. The molecule has 2 heterocycles. The molecule has 1 N–H and O–H groups in total. The van der Waals surface area contributed by atoms with Gasteiger partial charge in [-0.3, -0.25) is 0 Å².